The minimum Gasteiger partial charge on any atom is -0.342 e. The fraction of sp³-hybridized carbons (Fsp3) is 0.176. The van der Waals surface area contributed by atoms with Crippen LogP contribution in [0.1, 0.15) is 5.56 Å². The zero-order valence-corrected chi connectivity index (χ0v) is 14.3. The first kappa shape index (κ1) is 18.1. The number of benzene rings is 2. The SMILES string of the molecule is CN(CC(=O)Nc1cccc(C(F)(F)F)c1)c1nc2c(F)cccc2s1. The summed E-state index contributed by atoms with van der Waals surface area (Å²) in [5.74, 6) is -0.960. The first-order valence-corrected chi connectivity index (χ1v) is 8.29. The first-order valence-electron chi connectivity index (χ1n) is 7.47. The lowest BCUT2D eigenvalue weighted by Crippen LogP contribution is -2.30. The van der Waals surface area contributed by atoms with Crippen molar-refractivity contribution in [1.29, 1.82) is 0 Å². The molecule has 1 amide bonds. The van der Waals surface area contributed by atoms with Crippen molar-refractivity contribution in [3.63, 3.8) is 0 Å². The number of aromatic nitrogens is 1. The molecule has 2 aromatic carbocycles. The molecule has 1 N–H and O–H groups in total. The Balaban J connectivity index is 1.70. The van der Waals surface area contributed by atoms with Gasteiger partial charge in [0.2, 0.25) is 5.91 Å². The van der Waals surface area contributed by atoms with Crippen molar-refractivity contribution in [3.05, 3.63) is 53.8 Å². The van der Waals surface area contributed by atoms with Crippen LogP contribution in [0.15, 0.2) is 42.5 Å². The zero-order chi connectivity index (χ0) is 18.9. The molecule has 0 saturated heterocycles. The van der Waals surface area contributed by atoms with Gasteiger partial charge >= 0.3 is 6.18 Å². The molecule has 4 nitrogen and oxygen atoms in total. The minimum atomic E-state index is -4.48. The molecule has 0 fully saturated rings. The summed E-state index contributed by atoms with van der Waals surface area (Å²) in [6.45, 7) is -0.141. The van der Waals surface area contributed by atoms with E-state index < -0.39 is 23.5 Å². The highest BCUT2D eigenvalue weighted by Crippen LogP contribution is 2.31. The van der Waals surface area contributed by atoms with E-state index in [0.29, 0.717) is 9.83 Å². The molecule has 0 saturated carbocycles. The van der Waals surface area contributed by atoms with Crippen molar-refractivity contribution in [2.24, 2.45) is 0 Å². The number of halogens is 4. The number of alkyl halides is 3. The summed E-state index contributed by atoms with van der Waals surface area (Å²) in [5.41, 5.74) is -0.573. The Morgan fingerprint density at radius 3 is 2.65 bits per heavy atom. The number of nitrogens with one attached hydrogen (secondary N) is 1. The standard InChI is InChI=1S/C17H13F4N3OS/c1-24(16-23-15-12(18)6-3-7-13(15)26-16)9-14(25)22-11-5-2-4-10(8-11)17(19,20)21/h2-8H,9H2,1H3,(H,22,25). The third kappa shape index (κ3) is 3.93. The normalized spacial score (nSPS) is 11.6. The number of fused-ring (bicyclic) bond motifs is 1. The smallest absolute Gasteiger partial charge is 0.342 e. The molecule has 26 heavy (non-hydrogen) atoms. The summed E-state index contributed by atoms with van der Waals surface area (Å²) in [7, 11) is 1.60. The van der Waals surface area contributed by atoms with Crippen molar-refractivity contribution < 1.29 is 22.4 Å². The molecule has 0 spiro atoms. The highest BCUT2D eigenvalue weighted by molar-refractivity contribution is 7.22. The lowest BCUT2D eigenvalue weighted by molar-refractivity contribution is -0.137. The monoisotopic (exact) mass is 383 g/mol. The number of carbonyl (C=O) groups is 1. The number of thiazole rings is 1. The van der Waals surface area contributed by atoms with Gasteiger partial charge in [-0.2, -0.15) is 13.2 Å². The Labute approximate surface area is 150 Å². The summed E-state index contributed by atoms with van der Waals surface area (Å²) in [6, 6.07) is 8.98. The number of amides is 1. The predicted molar refractivity (Wildman–Crippen MR) is 92.9 cm³/mol. The topological polar surface area (TPSA) is 45.2 Å². The molecule has 0 aliphatic heterocycles. The van der Waals surface area contributed by atoms with Crippen LogP contribution in [-0.4, -0.2) is 24.5 Å². The molecule has 3 aromatic rings. The van der Waals surface area contributed by atoms with Crippen molar-refractivity contribution in [2.45, 2.75) is 6.18 Å². The van der Waals surface area contributed by atoms with E-state index in [9.17, 15) is 22.4 Å². The minimum absolute atomic E-state index is 0.0496. The number of nitrogens with zero attached hydrogens (tertiary/aromatic N) is 2. The van der Waals surface area contributed by atoms with Gasteiger partial charge in [0.1, 0.15) is 11.3 Å². The van der Waals surface area contributed by atoms with E-state index in [0.717, 1.165) is 12.1 Å². The summed E-state index contributed by atoms with van der Waals surface area (Å²) in [5, 5.41) is 2.86. The molecule has 0 bridgehead atoms. The number of para-hydroxylation sites is 1. The van der Waals surface area contributed by atoms with E-state index in [1.165, 1.54) is 34.4 Å². The Bertz CT molecular complexity index is 955. The molecule has 0 atom stereocenters. The molecule has 1 aromatic heterocycles. The van der Waals surface area contributed by atoms with Gasteiger partial charge in [-0.15, -0.1) is 0 Å². The fourth-order valence-corrected chi connectivity index (χ4v) is 3.26. The molecule has 1 heterocycles. The second-order valence-corrected chi connectivity index (χ2v) is 6.57. The van der Waals surface area contributed by atoms with E-state index in [4.69, 9.17) is 0 Å². The van der Waals surface area contributed by atoms with Crippen molar-refractivity contribution >= 4 is 38.3 Å². The van der Waals surface area contributed by atoms with E-state index >= 15 is 0 Å². The quantitative estimate of drug-likeness (QED) is 0.674. The number of likely N-dealkylation sites (N-methyl/N-ethyl adjacent to an activating group) is 1. The molecule has 0 aliphatic carbocycles. The highest BCUT2D eigenvalue weighted by atomic mass is 32.1. The van der Waals surface area contributed by atoms with Gasteiger partial charge in [-0.05, 0) is 30.3 Å². The van der Waals surface area contributed by atoms with Crippen molar-refractivity contribution in [2.75, 3.05) is 23.8 Å². The lowest BCUT2D eigenvalue weighted by Gasteiger charge is -2.15. The first-order chi connectivity index (χ1) is 12.2. The van der Waals surface area contributed by atoms with Gasteiger partial charge in [0, 0.05) is 12.7 Å². The van der Waals surface area contributed by atoms with Gasteiger partial charge in [0.25, 0.3) is 0 Å². The Morgan fingerprint density at radius 1 is 1.23 bits per heavy atom. The second-order valence-electron chi connectivity index (χ2n) is 5.57. The molecule has 136 valence electrons. The molecular formula is C17H13F4N3OS. The third-order valence-electron chi connectivity index (χ3n) is 3.54. The predicted octanol–water partition coefficient (Wildman–Crippen LogP) is 4.53. The van der Waals surface area contributed by atoms with Gasteiger partial charge in [0.15, 0.2) is 5.13 Å². The van der Waals surface area contributed by atoms with E-state index in [1.54, 1.807) is 19.2 Å². The number of carbonyl (C=O) groups excluding carboxylic acids is 1. The van der Waals surface area contributed by atoms with Crippen LogP contribution in [0.5, 0.6) is 0 Å². The zero-order valence-electron chi connectivity index (χ0n) is 13.5. The van der Waals surface area contributed by atoms with Crippen molar-refractivity contribution in [3.8, 4) is 0 Å². The molecule has 0 aliphatic rings. The average molecular weight is 383 g/mol. The van der Waals surface area contributed by atoms with Crippen molar-refractivity contribution in [1.82, 2.24) is 4.98 Å². The maximum Gasteiger partial charge on any atom is 0.416 e. The molecule has 0 unspecified atom stereocenters. The molecular weight excluding hydrogens is 370 g/mol. The van der Waals surface area contributed by atoms with Crippen LogP contribution in [0, 0.1) is 5.82 Å². The van der Waals surface area contributed by atoms with Crippen LogP contribution in [-0.2, 0) is 11.0 Å². The Kier molecular flexibility index (Phi) is 4.82. The summed E-state index contributed by atoms with van der Waals surface area (Å²) < 4.78 is 52.5. The average Bonchev–Trinajstić information content (AvgIpc) is 3.00. The largest absolute Gasteiger partial charge is 0.416 e. The second kappa shape index (κ2) is 6.91. The summed E-state index contributed by atoms with van der Waals surface area (Å²) in [6.07, 6.45) is -4.48. The highest BCUT2D eigenvalue weighted by Gasteiger charge is 2.30. The third-order valence-corrected chi connectivity index (χ3v) is 4.67. The van der Waals surface area contributed by atoms with Crippen LogP contribution in [0.2, 0.25) is 0 Å². The van der Waals surface area contributed by atoms with E-state index in [1.807, 2.05) is 0 Å². The number of anilines is 2. The maximum atomic E-state index is 13.7. The number of hydrogen-bond acceptors (Lipinski definition) is 4. The van der Waals surface area contributed by atoms with Gasteiger partial charge in [-0.3, -0.25) is 4.79 Å². The van der Waals surface area contributed by atoms with Crippen LogP contribution < -0.4 is 10.2 Å². The fourth-order valence-electron chi connectivity index (χ4n) is 2.32. The van der Waals surface area contributed by atoms with Crippen LogP contribution in [0.3, 0.4) is 0 Å². The van der Waals surface area contributed by atoms with Gasteiger partial charge in [-0.25, -0.2) is 9.37 Å². The molecule has 3 rings (SSSR count). The maximum absolute atomic E-state index is 13.7. The number of rotatable bonds is 4. The van der Waals surface area contributed by atoms with Crippen LogP contribution in [0.25, 0.3) is 10.2 Å². The van der Waals surface area contributed by atoms with Crippen LogP contribution in [0.4, 0.5) is 28.4 Å². The van der Waals surface area contributed by atoms with Gasteiger partial charge in [0.05, 0.1) is 16.8 Å². The van der Waals surface area contributed by atoms with Gasteiger partial charge in [-0.1, -0.05) is 23.5 Å². The van der Waals surface area contributed by atoms with Crippen LogP contribution >= 0.6 is 11.3 Å². The van der Waals surface area contributed by atoms with Gasteiger partial charge < -0.3 is 10.2 Å². The Morgan fingerprint density at radius 2 is 1.96 bits per heavy atom. The summed E-state index contributed by atoms with van der Waals surface area (Å²) in [4.78, 5) is 17.8. The van der Waals surface area contributed by atoms with E-state index in [2.05, 4.69) is 10.3 Å². The summed E-state index contributed by atoms with van der Waals surface area (Å²) >= 11 is 1.22. The molecule has 0 radical (unpaired) electrons. The van der Waals surface area contributed by atoms with E-state index in [-0.39, 0.29) is 17.7 Å². The Hall–Kier alpha value is -2.68. The number of hydrogen-bond donors (Lipinski definition) is 1. The molecule has 9 heteroatoms. The lowest BCUT2D eigenvalue weighted by atomic mass is 10.2.